The number of aromatic nitrogens is 2. The maximum absolute atomic E-state index is 14.1. The molecule has 2 aromatic heterocycles. The molecule has 0 radical (unpaired) electrons. The van der Waals surface area contributed by atoms with Gasteiger partial charge in [-0.25, -0.2) is 20.2 Å². The lowest BCUT2D eigenvalue weighted by molar-refractivity contribution is 0.630. The van der Waals surface area contributed by atoms with Gasteiger partial charge < -0.3 is 5.43 Å². The summed E-state index contributed by atoms with van der Waals surface area (Å²) >= 11 is 7.34. The fourth-order valence-electron chi connectivity index (χ4n) is 2.15. The fraction of sp³-hybridized carbons (Fsp3) is 0.143. The highest BCUT2D eigenvalue weighted by molar-refractivity contribution is 7.18. The normalized spacial score (nSPS) is 11.1. The number of hydrogen-bond donors (Lipinski definition) is 2. The van der Waals surface area contributed by atoms with E-state index in [1.165, 1.54) is 17.4 Å². The Morgan fingerprint density at radius 3 is 2.76 bits per heavy atom. The molecule has 0 bridgehead atoms. The molecule has 3 rings (SSSR count). The molecule has 0 amide bonds. The van der Waals surface area contributed by atoms with Crippen LogP contribution >= 0.6 is 22.9 Å². The number of thiophene rings is 1. The van der Waals surface area contributed by atoms with Crippen molar-refractivity contribution in [2.24, 2.45) is 5.84 Å². The third kappa shape index (κ3) is 2.25. The van der Waals surface area contributed by atoms with Gasteiger partial charge in [0.2, 0.25) is 0 Å². The maximum Gasteiger partial charge on any atom is 0.166 e. The fourth-order valence-corrected chi connectivity index (χ4v) is 3.35. The van der Waals surface area contributed by atoms with Gasteiger partial charge in [0.25, 0.3) is 0 Å². The van der Waals surface area contributed by atoms with E-state index >= 15 is 0 Å². The predicted octanol–water partition coefficient (Wildman–Crippen LogP) is 4.05. The van der Waals surface area contributed by atoms with Crippen molar-refractivity contribution in [2.45, 2.75) is 13.8 Å². The molecule has 108 valence electrons. The highest BCUT2D eigenvalue weighted by atomic mass is 35.5. The highest BCUT2D eigenvalue weighted by Crippen LogP contribution is 2.35. The Balaban J connectivity index is 2.32. The summed E-state index contributed by atoms with van der Waals surface area (Å²) in [5.74, 6) is 5.76. The zero-order valence-corrected chi connectivity index (χ0v) is 12.9. The molecule has 2 heterocycles. The molecule has 21 heavy (non-hydrogen) atoms. The van der Waals surface area contributed by atoms with Crippen LogP contribution in [0.2, 0.25) is 5.02 Å². The van der Waals surface area contributed by atoms with Gasteiger partial charge in [-0.3, -0.25) is 0 Å². The Morgan fingerprint density at radius 2 is 2.05 bits per heavy atom. The Bertz CT molecular complexity index is 847. The number of nitrogens with two attached hydrogens (primary N) is 1. The van der Waals surface area contributed by atoms with Crippen molar-refractivity contribution >= 4 is 39.0 Å². The summed E-state index contributed by atoms with van der Waals surface area (Å²) in [5, 5.41) is 0.906. The molecule has 0 aliphatic heterocycles. The molecule has 0 atom stereocenters. The van der Waals surface area contributed by atoms with Crippen molar-refractivity contribution in [3.63, 3.8) is 0 Å². The SMILES string of the molecule is Cc1sc2nc(-c3cccc(Cl)c3F)nc(NN)c2c1C. The maximum atomic E-state index is 14.1. The molecular weight excluding hydrogens is 311 g/mol. The Hall–Kier alpha value is -1.76. The summed E-state index contributed by atoms with van der Waals surface area (Å²) in [5.41, 5.74) is 3.89. The van der Waals surface area contributed by atoms with Crippen molar-refractivity contribution in [3.05, 3.63) is 39.5 Å². The van der Waals surface area contributed by atoms with Gasteiger partial charge in [0.05, 0.1) is 16.0 Å². The summed E-state index contributed by atoms with van der Waals surface area (Å²) in [6.45, 7) is 3.99. The van der Waals surface area contributed by atoms with Crippen molar-refractivity contribution in [2.75, 3.05) is 5.43 Å². The monoisotopic (exact) mass is 322 g/mol. The summed E-state index contributed by atoms with van der Waals surface area (Å²) in [6.07, 6.45) is 0. The molecule has 0 aliphatic carbocycles. The van der Waals surface area contributed by atoms with E-state index in [4.69, 9.17) is 17.4 Å². The topological polar surface area (TPSA) is 63.8 Å². The van der Waals surface area contributed by atoms with Crippen LogP contribution in [0.1, 0.15) is 10.4 Å². The minimum Gasteiger partial charge on any atom is -0.308 e. The molecule has 0 saturated heterocycles. The number of anilines is 1. The number of rotatable bonds is 2. The van der Waals surface area contributed by atoms with E-state index in [1.54, 1.807) is 12.1 Å². The zero-order valence-electron chi connectivity index (χ0n) is 11.4. The number of hydrogen-bond acceptors (Lipinski definition) is 5. The quantitative estimate of drug-likeness (QED) is 0.552. The van der Waals surface area contributed by atoms with Gasteiger partial charge in [0.1, 0.15) is 4.83 Å². The van der Waals surface area contributed by atoms with Crippen LogP contribution in [0.4, 0.5) is 10.2 Å². The first kappa shape index (κ1) is 14.2. The Kier molecular flexibility index (Phi) is 3.52. The van der Waals surface area contributed by atoms with Crippen LogP contribution in [0.25, 0.3) is 21.6 Å². The van der Waals surface area contributed by atoms with Crippen molar-refractivity contribution in [1.29, 1.82) is 0 Å². The van der Waals surface area contributed by atoms with Crippen molar-refractivity contribution < 1.29 is 4.39 Å². The summed E-state index contributed by atoms with van der Waals surface area (Å²) in [7, 11) is 0. The van der Waals surface area contributed by atoms with E-state index in [2.05, 4.69) is 15.4 Å². The van der Waals surface area contributed by atoms with E-state index in [0.29, 0.717) is 5.82 Å². The number of benzene rings is 1. The molecule has 3 aromatic rings. The first-order chi connectivity index (χ1) is 10.0. The van der Waals surface area contributed by atoms with Crippen LogP contribution in [0.15, 0.2) is 18.2 Å². The molecule has 0 aliphatic rings. The van der Waals surface area contributed by atoms with Gasteiger partial charge in [0.15, 0.2) is 17.5 Å². The van der Waals surface area contributed by atoms with E-state index in [-0.39, 0.29) is 16.4 Å². The van der Waals surface area contributed by atoms with Crippen LogP contribution in [0, 0.1) is 19.7 Å². The number of nitrogens with zero attached hydrogens (tertiary/aromatic N) is 2. The van der Waals surface area contributed by atoms with E-state index < -0.39 is 5.82 Å². The lowest BCUT2D eigenvalue weighted by Crippen LogP contribution is -2.10. The minimum absolute atomic E-state index is 0.0389. The number of hydrazine groups is 1. The van der Waals surface area contributed by atoms with Gasteiger partial charge in [-0.15, -0.1) is 11.3 Å². The average Bonchev–Trinajstić information content (AvgIpc) is 2.76. The van der Waals surface area contributed by atoms with Crippen LogP contribution in [-0.2, 0) is 0 Å². The summed E-state index contributed by atoms with van der Waals surface area (Å²) in [4.78, 5) is 10.7. The molecular formula is C14H12ClFN4S. The van der Waals surface area contributed by atoms with Gasteiger partial charge in [-0.2, -0.15) is 0 Å². The standard InChI is InChI=1S/C14H12ClFN4S/c1-6-7(2)21-14-10(6)13(20-17)18-12(19-14)8-4-3-5-9(15)11(8)16/h3-5H,17H2,1-2H3,(H,18,19,20). The average molecular weight is 323 g/mol. The molecule has 0 unspecified atom stereocenters. The molecule has 0 saturated carbocycles. The van der Waals surface area contributed by atoms with Gasteiger partial charge >= 0.3 is 0 Å². The third-order valence-corrected chi connectivity index (χ3v) is 4.75. The van der Waals surface area contributed by atoms with E-state index in [1.807, 2.05) is 13.8 Å². The van der Waals surface area contributed by atoms with Crippen LogP contribution in [-0.4, -0.2) is 9.97 Å². The number of halogens is 2. The number of nitrogen functional groups attached to an aromatic ring is 1. The molecule has 3 N–H and O–H groups in total. The lowest BCUT2D eigenvalue weighted by atomic mass is 10.1. The molecule has 4 nitrogen and oxygen atoms in total. The highest BCUT2D eigenvalue weighted by Gasteiger charge is 2.17. The third-order valence-electron chi connectivity index (χ3n) is 3.36. The second-order valence-corrected chi connectivity index (χ2v) is 6.22. The minimum atomic E-state index is -0.536. The molecule has 0 spiro atoms. The predicted molar refractivity (Wildman–Crippen MR) is 85.1 cm³/mol. The van der Waals surface area contributed by atoms with E-state index in [0.717, 1.165) is 20.7 Å². The van der Waals surface area contributed by atoms with Crippen LogP contribution in [0.5, 0.6) is 0 Å². The number of aryl methyl sites for hydroxylation is 2. The van der Waals surface area contributed by atoms with Crippen LogP contribution < -0.4 is 11.3 Å². The second-order valence-electron chi connectivity index (χ2n) is 4.60. The Morgan fingerprint density at radius 1 is 1.29 bits per heavy atom. The molecule has 7 heteroatoms. The lowest BCUT2D eigenvalue weighted by Gasteiger charge is -2.07. The second kappa shape index (κ2) is 5.22. The smallest absolute Gasteiger partial charge is 0.166 e. The Labute approximate surface area is 129 Å². The molecule has 1 aromatic carbocycles. The van der Waals surface area contributed by atoms with Crippen molar-refractivity contribution in [3.8, 4) is 11.4 Å². The molecule has 0 fully saturated rings. The van der Waals surface area contributed by atoms with Gasteiger partial charge in [-0.05, 0) is 31.5 Å². The summed E-state index contributed by atoms with van der Waals surface area (Å²) < 4.78 is 14.1. The van der Waals surface area contributed by atoms with Gasteiger partial charge in [0, 0.05) is 4.88 Å². The first-order valence-corrected chi connectivity index (χ1v) is 7.41. The number of fused-ring (bicyclic) bond motifs is 1. The van der Waals surface area contributed by atoms with Crippen LogP contribution in [0.3, 0.4) is 0 Å². The largest absolute Gasteiger partial charge is 0.308 e. The van der Waals surface area contributed by atoms with Crippen molar-refractivity contribution in [1.82, 2.24) is 9.97 Å². The zero-order chi connectivity index (χ0) is 15.1. The van der Waals surface area contributed by atoms with Gasteiger partial charge in [-0.1, -0.05) is 17.7 Å². The number of nitrogens with one attached hydrogen (secondary N) is 1. The first-order valence-electron chi connectivity index (χ1n) is 6.21. The van der Waals surface area contributed by atoms with E-state index in [9.17, 15) is 4.39 Å². The summed E-state index contributed by atoms with van der Waals surface area (Å²) in [6, 6.07) is 4.74.